The fourth-order valence-electron chi connectivity index (χ4n) is 3.74. The summed E-state index contributed by atoms with van der Waals surface area (Å²) in [5.41, 5.74) is 2.10. The Hall–Kier alpha value is -2.37. The van der Waals surface area contributed by atoms with E-state index in [0.717, 1.165) is 22.6 Å². The first-order chi connectivity index (χ1) is 13.2. The van der Waals surface area contributed by atoms with Crippen molar-refractivity contribution in [2.45, 2.75) is 22.9 Å². The molecule has 27 heavy (non-hydrogen) atoms. The summed E-state index contributed by atoms with van der Waals surface area (Å²) in [5.74, 6) is -0.0953. The van der Waals surface area contributed by atoms with E-state index in [1.54, 1.807) is 23.7 Å². The van der Waals surface area contributed by atoms with Crippen molar-refractivity contribution in [3.05, 3.63) is 72.3 Å². The van der Waals surface area contributed by atoms with Gasteiger partial charge in [-0.15, -0.1) is 11.8 Å². The second-order valence-corrected chi connectivity index (χ2v) is 7.85. The van der Waals surface area contributed by atoms with E-state index in [0.29, 0.717) is 0 Å². The SMILES string of the molecule is CN(C(=O)C1C2C=CC(O2)C1C=O)c1ccccc1SCc1ccccc1. The van der Waals surface area contributed by atoms with Crippen molar-refractivity contribution in [1.82, 2.24) is 0 Å². The Bertz CT molecular complexity index is 867. The molecule has 2 aliphatic heterocycles. The highest BCUT2D eigenvalue weighted by atomic mass is 32.2. The van der Waals surface area contributed by atoms with Crippen LogP contribution in [0.25, 0.3) is 0 Å². The fourth-order valence-corrected chi connectivity index (χ4v) is 4.78. The average Bonchev–Trinajstić information content (AvgIpc) is 3.33. The molecule has 1 saturated heterocycles. The van der Waals surface area contributed by atoms with Crippen LogP contribution in [-0.2, 0) is 20.1 Å². The van der Waals surface area contributed by atoms with Crippen LogP contribution < -0.4 is 4.90 Å². The Labute approximate surface area is 163 Å². The van der Waals surface area contributed by atoms with Crippen molar-refractivity contribution in [3.8, 4) is 0 Å². The first kappa shape index (κ1) is 18.0. The molecule has 4 rings (SSSR count). The lowest BCUT2D eigenvalue weighted by molar-refractivity contribution is -0.126. The molecular weight excluding hydrogens is 358 g/mol. The van der Waals surface area contributed by atoms with E-state index >= 15 is 0 Å². The standard InChI is InChI=1S/C22H21NO3S/c1-23(22(25)21-16(13-24)18-11-12-19(21)26-18)17-9-5-6-10-20(17)27-14-15-7-3-2-4-8-15/h2-13,16,18-19,21H,14H2,1H3. The lowest BCUT2D eigenvalue weighted by atomic mass is 9.83. The zero-order chi connectivity index (χ0) is 18.8. The summed E-state index contributed by atoms with van der Waals surface area (Å²) in [4.78, 5) is 27.4. The number of ether oxygens (including phenoxy) is 1. The summed E-state index contributed by atoms with van der Waals surface area (Å²) in [7, 11) is 1.78. The number of fused-ring (bicyclic) bond motifs is 2. The van der Waals surface area contributed by atoms with Crippen LogP contribution in [0.15, 0.2) is 71.6 Å². The predicted octanol–water partition coefficient (Wildman–Crippen LogP) is 3.71. The van der Waals surface area contributed by atoms with Crippen LogP contribution >= 0.6 is 11.8 Å². The van der Waals surface area contributed by atoms with Crippen molar-refractivity contribution < 1.29 is 14.3 Å². The quantitative estimate of drug-likeness (QED) is 0.436. The molecule has 0 N–H and O–H groups in total. The van der Waals surface area contributed by atoms with Crippen molar-refractivity contribution in [2.24, 2.45) is 11.8 Å². The third kappa shape index (κ3) is 3.45. The number of amides is 1. The van der Waals surface area contributed by atoms with Gasteiger partial charge in [0.2, 0.25) is 5.91 Å². The minimum absolute atomic E-state index is 0.0725. The van der Waals surface area contributed by atoms with E-state index in [9.17, 15) is 9.59 Å². The average molecular weight is 379 g/mol. The van der Waals surface area contributed by atoms with Gasteiger partial charge in [0.15, 0.2) is 0 Å². The number of para-hydroxylation sites is 1. The summed E-state index contributed by atoms with van der Waals surface area (Å²) in [6.07, 6.45) is 4.08. The Morgan fingerprint density at radius 2 is 1.78 bits per heavy atom. The lowest BCUT2D eigenvalue weighted by Crippen LogP contribution is -2.41. The second-order valence-electron chi connectivity index (χ2n) is 6.83. The first-order valence-electron chi connectivity index (χ1n) is 9.01. The Morgan fingerprint density at radius 3 is 2.56 bits per heavy atom. The molecule has 2 aromatic carbocycles. The molecule has 0 radical (unpaired) electrons. The molecular formula is C22H21NO3S. The summed E-state index contributed by atoms with van der Waals surface area (Å²) in [5, 5.41) is 0. The van der Waals surface area contributed by atoms with Crippen LogP contribution in [0.2, 0.25) is 0 Å². The summed E-state index contributed by atoms with van der Waals surface area (Å²) < 4.78 is 5.74. The Morgan fingerprint density at radius 1 is 1.07 bits per heavy atom. The minimum Gasteiger partial charge on any atom is -0.365 e. The minimum atomic E-state index is -0.449. The number of benzene rings is 2. The largest absolute Gasteiger partial charge is 0.365 e. The van der Waals surface area contributed by atoms with Crippen LogP contribution in [0, 0.1) is 11.8 Å². The van der Waals surface area contributed by atoms with E-state index in [2.05, 4.69) is 12.1 Å². The molecule has 4 atom stereocenters. The highest BCUT2D eigenvalue weighted by Gasteiger charge is 2.50. The molecule has 1 fully saturated rings. The zero-order valence-corrected chi connectivity index (χ0v) is 15.8. The van der Waals surface area contributed by atoms with Gasteiger partial charge in [-0.05, 0) is 17.7 Å². The molecule has 4 unspecified atom stereocenters. The molecule has 138 valence electrons. The van der Waals surface area contributed by atoms with Crippen LogP contribution in [-0.4, -0.2) is 31.4 Å². The second kappa shape index (κ2) is 7.71. The third-order valence-corrected chi connectivity index (χ3v) is 6.32. The molecule has 4 nitrogen and oxygen atoms in total. The number of carbonyl (C=O) groups excluding carboxylic acids is 2. The lowest BCUT2D eigenvalue weighted by Gasteiger charge is -2.27. The maximum atomic E-state index is 13.2. The Balaban J connectivity index is 1.53. The van der Waals surface area contributed by atoms with E-state index in [1.807, 2.05) is 54.6 Å². The van der Waals surface area contributed by atoms with Crippen LogP contribution in [0.1, 0.15) is 5.56 Å². The van der Waals surface area contributed by atoms with Crippen LogP contribution in [0.5, 0.6) is 0 Å². The van der Waals surface area contributed by atoms with E-state index in [-0.39, 0.29) is 18.1 Å². The van der Waals surface area contributed by atoms with Crippen LogP contribution in [0.4, 0.5) is 5.69 Å². The number of hydrogen-bond acceptors (Lipinski definition) is 4. The number of rotatable bonds is 6. The molecule has 5 heteroatoms. The number of nitrogens with zero attached hydrogens (tertiary/aromatic N) is 1. The first-order valence-corrected chi connectivity index (χ1v) is 10.00. The summed E-state index contributed by atoms with van der Waals surface area (Å²) in [6.45, 7) is 0. The van der Waals surface area contributed by atoms with E-state index in [1.165, 1.54) is 5.56 Å². The maximum absolute atomic E-state index is 13.2. The molecule has 0 saturated carbocycles. The molecule has 2 bridgehead atoms. The van der Waals surface area contributed by atoms with Gasteiger partial charge in [-0.3, -0.25) is 4.79 Å². The predicted molar refractivity (Wildman–Crippen MR) is 107 cm³/mol. The third-order valence-electron chi connectivity index (χ3n) is 5.19. The Kier molecular flexibility index (Phi) is 5.14. The van der Waals surface area contributed by atoms with Crippen molar-refractivity contribution >= 4 is 29.6 Å². The topological polar surface area (TPSA) is 46.6 Å². The molecule has 0 aromatic heterocycles. The van der Waals surface area contributed by atoms with Gasteiger partial charge in [-0.25, -0.2) is 0 Å². The number of carbonyl (C=O) groups is 2. The van der Waals surface area contributed by atoms with Crippen LogP contribution in [0.3, 0.4) is 0 Å². The van der Waals surface area contributed by atoms with Crippen molar-refractivity contribution in [3.63, 3.8) is 0 Å². The maximum Gasteiger partial charge on any atom is 0.233 e. The van der Waals surface area contributed by atoms with Gasteiger partial charge in [-0.1, -0.05) is 54.6 Å². The highest BCUT2D eigenvalue weighted by molar-refractivity contribution is 7.98. The number of anilines is 1. The number of thioether (sulfide) groups is 1. The zero-order valence-electron chi connectivity index (χ0n) is 15.0. The monoisotopic (exact) mass is 379 g/mol. The van der Waals surface area contributed by atoms with Gasteiger partial charge in [0.25, 0.3) is 0 Å². The smallest absolute Gasteiger partial charge is 0.233 e. The summed E-state index contributed by atoms with van der Waals surface area (Å²) in [6, 6.07) is 18.1. The number of aldehydes is 1. The highest BCUT2D eigenvalue weighted by Crippen LogP contribution is 2.40. The van der Waals surface area contributed by atoms with Crippen molar-refractivity contribution in [2.75, 3.05) is 11.9 Å². The van der Waals surface area contributed by atoms with E-state index < -0.39 is 11.8 Å². The van der Waals surface area contributed by atoms with Gasteiger partial charge in [0.1, 0.15) is 6.29 Å². The molecule has 0 spiro atoms. The van der Waals surface area contributed by atoms with Gasteiger partial charge < -0.3 is 14.4 Å². The van der Waals surface area contributed by atoms with Gasteiger partial charge in [-0.2, -0.15) is 0 Å². The van der Waals surface area contributed by atoms with Gasteiger partial charge in [0.05, 0.1) is 29.7 Å². The van der Waals surface area contributed by atoms with E-state index in [4.69, 9.17) is 4.74 Å². The van der Waals surface area contributed by atoms with Crippen molar-refractivity contribution in [1.29, 1.82) is 0 Å². The number of hydrogen-bond donors (Lipinski definition) is 0. The molecule has 1 amide bonds. The molecule has 0 aliphatic carbocycles. The van der Waals surface area contributed by atoms with Gasteiger partial charge >= 0.3 is 0 Å². The molecule has 2 aromatic rings. The normalized spacial score (nSPS) is 25.5. The molecule has 2 heterocycles. The summed E-state index contributed by atoms with van der Waals surface area (Å²) >= 11 is 1.70. The fraction of sp³-hybridized carbons (Fsp3) is 0.273. The van der Waals surface area contributed by atoms with Gasteiger partial charge in [0, 0.05) is 17.7 Å². The molecule has 2 aliphatic rings.